The van der Waals surface area contributed by atoms with Crippen LogP contribution in [-0.2, 0) is 6.18 Å². The third-order valence-electron chi connectivity index (χ3n) is 3.65. The van der Waals surface area contributed by atoms with Crippen molar-refractivity contribution in [1.29, 1.82) is 0 Å². The first-order valence-corrected chi connectivity index (χ1v) is 8.35. The van der Waals surface area contributed by atoms with Gasteiger partial charge in [-0.1, -0.05) is 6.07 Å². The number of alkyl halides is 3. The predicted octanol–water partition coefficient (Wildman–Crippen LogP) is 4.85. The zero-order chi connectivity index (χ0) is 21.3. The first-order valence-electron chi connectivity index (χ1n) is 8.35. The third-order valence-corrected chi connectivity index (χ3v) is 3.65. The van der Waals surface area contributed by atoms with Crippen molar-refractivity contribution in [2.45, 2.75) is 33.1 Å². The first-order chi connectivity index (χ1) is 13.6. The van der Waals surface area contributed by atoms with E-state index >= 15 is 0 Å². The van der Waals surface area contributed by atoms with Gasteiger partial charge in [-0.3, -0.25) is 0 Å². The fourth-order valence-electron chi connectivity index (χ4n) is 2.36. The van der Waals surface area contributed by atoms with Crippen molar-refractivity contribution in [3.05, 3.63) is 53.6 Å². The third kappa shape index (κ3) is 4.28. The molecule has 1 aromatic carbocycles. The van der Waals surface area contributed by atoms with E-state index in [9.17, 15) is 22.0 Å². The van der Waals surface area contributed by atoms with Gasteiger partial charge >= 0.3 is 6.18 Å². The SMILES string of the molecule is Cc1c(Oc2c(F)cccc2F)c(OC(C)C)nn1-c1cnc(C(F)(F)F)cn1. The molecule has 0 aliphatic heterocycles. The molecule has 0 N–H and O–H groups in total. The van der Waals surface area contributed by atoms with Gasteiger partial charge in [-0.15, -0.1) is 5.10 Å². The highest BCUT2D eigenvalue weighted by Gasteiger charge is 2.33. The number of ether oxygens (including phenoxy) is 2. The van der Waals surface area contributed by atoms with E-state index in [2.05, 4.69) is 15.1 Å². The average Bonchev–Trinajstić information content (AvgIpc) is 2.93. The highest BCUT2D eigenvalue weighted by molar-refractivity contribution is 5.45. The topological polar surface area (TPSA) is 62.1 Å². The van der Waals surface area contributed by atoms with E-state index in [0.717, 1.165) is 23.0 Å². The summed E-state index contributed by atoms with van der Waals surface area (Å²) in [5.74, 6) is -2.83. The van der Waals surface area contributed by atoms with Crippen molar-refractivity contribution >= 4 is 0 Å². The summed E-state index contributed by atoms with van der Waals surface area (Å²) in [5.41, 5.74) is -0.980. The van der Waals surface area contributed by atoms with Crippen LogP contribution in [0.5, 0.6) is 17.4 Å². The summed E-state index contributed by atoms with van der Waals surface area (Å²) in [7, 11) is 0. The van der Waals surface area contributed by atoms with Crippen molar-refractivity contribution in [3.8, 4) is 23.2 Å². The Hall–Kier alpha value is -3.24. The zero-order valence-corrected chi connectivity index (χ0v) is 15.5. The molecular weight excluding hydrogens is 399 g/mol. The van der Waals surface area contributed by atoms with Gasteiger partial charge in [0, 0.05) is 0 Å². The van der Waals surface area contributed by atoms with E-state index in [0.29, 0.717) is 6.20 Å². The van der Waals surface area contributed by atoms with Crippen LogP contribution in [0.4, 0.5) is 22.0 Å². The van der Waals surface area contributed by atoms with Crippen molar-refractivity contribution in [2.24, 2.45) is 0 Å². The molecule has 0 aliphatic rings. The predicted molar refractivity (Wildman–Crippen MR) is 91.1 cm³/mol. The Labute approximate surface area is 161 Å². The number of rotatable bonds is 5. The van der Waals surface area contributed by atoms with E-state index in [1.807, 2.05) is 0 Å². The molecule has 0 atom stereocenters. The largest absolute Gasteiger partial charge is 0.471 e. The van der Waals surface area contributed by atoms with Gasteiger partial charge in [0.2, 0.25) is 5.75 Å². The molecule has 2 aromatic heterocycles. The maximum Gasteiger partial charge on any atom is 0.434 e. The Balaban J connectivity index is 2.06. The van der Waals surface area contributed by atoms with E-state index in [-0.39, 0.29) is 29.2 Å². The number of para-hydroxylation sites is 1. The molecule has 3 aromatic rings. The molecule has 11 heteroatoms. The number of benzene rings is 1. The maximum atomic E-state index is 14.0. The number of aromatic nitrogens is 4. The smallest absolute Gasteiger partial charge is 0.434 e. The highest BCUT2D eigenvalue weighted by Crippen LogP contribution is 2.38. The van der Waals surface area contributed by atoms with Crippen LogP contribution < -0.4 is 9.47 Å². The molecule has 29 heavy (non-hydrogen) atoms. The second kappa shape index (κ2) is 7.64. The highest BCUT2D eigenvalue weighted by atomic mass is 19.4. The zero-order valence-electron chi connectivity index (χ0n) is 15.5. The monoisotopic (exact) mass is 414 g/mol. The summed E-state index contributed by atoms with van der Waals surface area (Å²) in [4.78, 5) is 7.04. The number of halogens is 5. The fraction of sp³-hybridized carbons (Fsp3) is 0.278. The van der Waals surface area contributed by atoms with Gasteiger partial charge in [0.25, 0.3) is 5.88 Å². The molecule has 0 saturated carbocycles. The molecule has 0 unspecified atom stereocenters. The van der Waals surface area contributed by atoms with E-state index in [1.165, 1.54) is 13.0 Å². The van der Waals surface area contributed by atoms with Crippen molar-refractivity contribution in [1.82, 2.24) is 19.7 Å². The van der Waals surface area contributed by atoms with Crippen LogP contribution in [0.2, 0.25) is 0 Å². The number of hydrogen-bond acceptors (Lipinski definition) is 5. The molecule has 0 amide bonds. The summed E-state index contributed by atoms with van der Waals surface area (Å²) in [6.45, 7) is 4.87. The van der Waals surface area contributed by atoms with Gasteiger partial charge in [0.05, 0.1) is 24.2 Å². The van der Waals surface area contributed by atoms with Gasteiger partial charge in [0.15, 0.2) is 28.9 Å². The molecule has 0 bridgehead atoms. The van der Waals surface area contributed by atoms with E-state index < -0.39 is 29.3 Å². The lowest BCUT2D eigenvalue weighted by Crippen LogP contribution is -2.11. The van der Waals surface area contributed by atoms with Crippen LogP contribution in [-0.4, -0.2) is 25.9 Å². The van der Waals surface area contributed by atoms with Crippen LogP contribution in [0.3, 0.4) is 0 Å². The standard InChI is InChI=1S/C18H15F5N4O2/c1-9(2)28-17-15(29-16-11(19)5-4-6-12(16)20)10(3)27(26-17)14-8-24-13(7-25-14)18(21,22)23/h4-9H,1-3H3. The van der Waals surface area contributed by atoms with Crippen LogP contribution in [0.1, 0.15) is 25.2 Å². The number of hydrogen-bond donors (Lipinski definition) is 0. The molecule has 2 heterocycles. The lowest BCUT2D eigenvalue weighted by molar-refractivity contribution is -0.141. The molecule has 0 aliphatic carbocycles. The molecule has 6 nitrogen and oxygen atoms in total. The number of nitrogens with zero attached hydrogens (tertiary/aromatic N) is 4. The molecule has 154 valence electrons. The second-order valence-electron chi connectivity index (χ2n) is 6.21. The summed E-state index contributed by atoms with van der Waals surface area (Å²) in [6, 6.07) is 3.21. The summed E-state index contributed by atoms with van der Waals surface area (Å²) in [6.07, 6.45) is -3.59. The van der Waals surface area contributed by atoms with E-state index in [4.69, 9.17) is 9.47 Å². The van der Waals surface area contributed by atoms with Crippen LogP contribution >= 0.6 is 0 Å². The Morgan fingerprint density at radius 3 is 2.17 bits per heavy atom. The normalized spacial score (nSPS) is 11.8. The van der Waals surface area contributed by atoms with Crippen molar-refractivity contribution in [3.63, 3.8) is 0 Å². The average molecular weight is 414 g/mol. The Morgan fingerprint density at radius 2 is 1.66 bits per heavy atom. The Morgan fingerprint density at radius 1 is 1.00 bits per heavy atom. The quantitative estimate of drug-likeness (QED) is 0.559. The van der Waals surface area contributed by atoms with Crippen LogP contribution in [0.25, 0.3) is 5.82 Å². The minimum Gasteiger partial charge on any atom is -0.471 e. The lowest BCUT2D eigenvalue weighted by atomic mass is 10.3. The molecular formula is C18H15F5N4O2. The second-order valence-corrected chi connectivity index (χ2v) is 6.21. The van der Waals surface area contributed by atoms with Crippen LogP contribution in [0.15, 0.2) is 30.6 Å². The molecule has 0 radical (unpaired) electrons. The van der Waals surface area contributed by atoms with E-state index in [1.54, 1.807) is 13.8 Å². The molecule has 0 saturated heterocycles. The summed E-state index contributed by atoms with van der Waals surface area (Å²) < 4.78 is 78.1. The van der Waals surface area contributed by atoms with Crippen molar-refractivity contribution in [2.75, 3.05) is 0 Å². The minimum atomic E-state index is -4.65. The first kappa shape index (κ1) is 20.5. The Bertz CT molecular complexity index is 996. The van der Waals surface area contributed by atoms with Gasteiger partial charge in [-0.05, 0) is 32.9 Å². The summed E-state index contributed by atoms with van der Waals surface area (Å²) >= 11 is 0. The minimum absolute atomic E-state index is 0.0621. The maximum absolute atomic E-state index is 14.0. The van der Waals surface area contributed by atoms with Gasteiger partial charge in [0.1, 0.15) is 0 Å². The van der Waals surface area contributed by atoms with Crippen molar-refractivity contribution < 1.29 is 31.4 Å². The van der Waals surface area contributed by atoms with Gasteiger partial charge in [-0.25, -0.2) is 23.4 Å². The molecule has 0 spiro atoms. The fourth-order valence-corrected chi connectivity index (χ4v) is 2.36. The summed E-state index contributed by atoms with van der Waals surface area (Å²) in [5, 5.41) is 4.11. The van der Waals surface area contributed by atoms with Gasteiger partial charge < -0.3 is 9.47 Å². The molecule has 3 rings (SSSR count). The molecule has 0 fully saturated rings. The van der Waals surface area contributed by atoms with Gasteiger partial charge in [-0.2, -0.15) is 13.2 Å². The van der Waals surface area contributed by atoms with Crippen LogP contribution in [0, 0.1) is 18.6 Å². The Kier molecular flexibility index (Phi) is 5.40. The lowest BCUT2D eigenvalue weighted by Gasteiger charge is -2.11.